The second-order valence-electron chi connectivity index (χ2n) is 6.37. The first-order valence-electron chi connectivity index (χ1n) is 9.64. The van der Waals surface area contributed by atoms with E-state index in [9.17, 15) is 0 Å². The molecule has 0 radical (unpaired) electrons. The minimum atomic E-state index is 0.359. The van der Waals surface area contributed by atoms with E-state index in [0.717, 1.165) is 37.4 Å². The van der Waals surface area contributed by atoms with Crippen molar-refractivity contribution in [3.05, 3.63) is 60.7 Å². The summed E-state index contributed by atoms with van der Waals surface area (Å²) in [7, 11) is 0. The van der Waals surface area contributed by atoms with Crippen LogP contribution < -0.4 is 20.1 Å². The summed E-state index contributed by atoms with van der Waals surface area (Å²) in [6.07, 6.45) is 2.09. The van der Waals surface area contributed by atoms with Crippen LogP contribution in [0.25, 0.3) is 0 Å². The van der Waals surface area contributed by atoms with E-state index >= 15 is 0 Å². The Labute approximate surface area is 157 Å². The zero-order valence-corrected chi connectivity index (χ0v) is 16.0. The molecule has 0 saturated carbocycles. The Bertz CT molecular complexity index is 524. The first-order chi connectivity index (χ1) is 12.8. The highest BCUT2D eigenvalue weighted by Crippen LogP contribution is 2.10. The largest absolute Gasteiger partial charge is 0.492 e. The molecule has 0 bridgehead atoms. The van der Waals surface area contributed by atoms with Crippen molar-refractivity contribution >= 4 is 0 Å². The molecule has 2 rings (SSSR count). The molecule has 142 valence electrons. The van der Waals surface area contributed by atoms with E-state index in [0.29, 0.717) is 25.3 Å². The fourth-order valence-corrected chi connectivity index (χ4v) is 2.62. The second-order valence-corrected chi connectivity index (χ2v) is 6.37. The summed E-state index contributed by atoms with van der Waals surface area (Å²) in [5.74, 6) is 1.85. The summed E-state index contributed by atoms with van der Waals surface area (Å²) in [5.41, 5.74) is 0. The van der Waals surface area contributed by atoms with Crippen molar-refractivity contribution in [1.29, 1.82) is 0 Å². The highest BCUT2D eigenvalue weighted by Gasteiger charge is 2.09. The minimum Gasteiger partial charge on any atom is -0.492 e. The minimum absolute atomic E-state index is 0.359. The molecule has 2 N–H and O–H groups in total. The molecule has 0 aliphatic carbocycles. The SMILES string of the molecule is CCC(COc1ccccc1)NCCNC(CC)COc1ccccc1. The summed E-state index contributed by atoms with van der Waals surface area (Å²) >= 11 is 0. The number of hydrogen-bond acceptors (Lipinski definition) is 4. The molecular weight excluding hydrogens is 324 g/mol. The van der Waals surface area contributed by atoms with Crippen LogP contribution >= 0.6 is 0 Å². The van der Waals surface area contributed by atoms with Gasteiger partial charge in [0, 0.05) is 25.2 Å². The Hall–Kier alpha value is -2.04. The van der Waals surface area contributed by atoms with Crippen molar-refractivity contribution in [1.82, 2.24) is 10.6 Å². The molecule has 0 spiro atoms. The van der Waals surface area contributed by atoms with Crippen LogP contribution in [0.15, 0.2) is 60.7 Å². The van der Waals surface area contributed by atoms with Gasteiger partial charge in [-0.25, -0.2) is 0 Å². The zero-order chi connectivity index (χ0) is 18.5. The highest BCUT2D eigenvalue weighted by molar-refractivity contribution is 5.21. The summed E-state index contributed by atoms with van der Waals surface area (Å²) in [6.45, 7) is 7.57. The van der Waals surface area contributed by atoms with Crippen molar-refractivity contribution < 1.29 is 9.47 Å². The van der Waals surface area contributed by atoms with E-state index in [1.807, 2.05) is 60.7 Å². The number of ether oxygens (including phenoxy) is 2. The number of benzene rings is 2. The lowest BCUT2D eigenvalue weighted by Crippen LogP contribution is -2.42. The lowest BCUT2D eigenvalue weighted by Gasteiger charge is -2.20. The van der Waals surface area contributed by atoms with Gasteiger partial charge in [0.05, 0.1) is 0 Å². The topological polar surface area (TPSA) is 42.5 Å². The fourth-order valence-electron chi connectivity index (χ4n) is 2.62. The van der Waals surface area contributed by atoms with Gasteiger partial charge in [0.15, 0.2) is 0 Å². The van der Waals surface area contributed by atoms with Gasteiger partial charge in [0.25, 0.3) is 0 Å². The monoisotopic (exact) mass is 356 g/mol. The molecule has 26 heavy (non-hydrogen) atoms. The van der Waals surface area contributed by atoms with Crippen molar-refractivity contribution in [3.63, 3.8) is 0 Å². The molecule has 0 heterocycles. The van der Waals surface area contributed by atoms with Crippen LogP contribution in [-0.4, -0.2) is 38.4 Å². The van der Waals surface area contributed by atoms with E-state index in [1.54, 1.807) is 0 Å². The second kappa shape index (κ2) is 12.3. The molecule has 2 aromatic carbocycles. The van der Waals surface area contributed by atoms with Crippen molar-refractivity contribution in [2.75, 3.05) is 26.3 Å². The van der Waals surface area contributed by atoms with Crippen LogP contribution in [-0.2, 0) is 0 Å². The smallest absolute Gasteiger partial charge is 0.119 e. The number of rotatable bonds is 13. The maximum absolute atomic E-state index is 5.84. The summed E-state index contributed by atoms with van der Waals surface area (Å²) in [5, 5.41) is 7.13. The Balaban J connectivity index is 1.60. The summed E-state index contributed by atoms with van der Waals surface area (Å²) in [6, 6.07) is 20.7. The van der Waals surface area contributed by atoms with E-state index in [-0.39, 0.29) is 0 Å². The normalized spacial score (nSPS) is 13.2. The van der Waals surface area contributed by atoms with Crippen LogP contribution in [0, 0.1) is 0 Å². The average Bonchev–Trinajstić information content (AvgIpc) is 2.71. The Morgan fingerprint density at radius 3 is 1.38 bits per heavy atom. The van der Waals surface area contributed by atoms with E-state index < -0.39 is 0 Å². The molecular formula is C22H32N2O2. The lowest BCUT2D eigenvalue weighted by molar-refractivity contribution is 0.249. The maximum Gasteiger partial charge on any atom is 0.119 e. The van der Waals surface area contributed by atoms with Crippen molar-refractivity contribution in [3.8, 4) is 11.5 Å². The Morgan fingerprint density at radius 2 is 1.04 bits per heavy atom. The predicted molar refractivity (Wildman–Crippen MR) is 108 cm³/mol. The molecule has 2 aromatic rings. The van der Waals surface area contributed by atoms with Gasteiger partial charge in [-0.1, -0.05) is 50.2 Å². The first-order valence-corrected chi connectivity index (χ1v) is 9.64. The molecule has 0 saturated heterocycles. The number of nitrogens with one attached hydrogen (secondary N) is 2. The molecule has 0 aromatic heterocycles. The third-order valence-electron chi connectivity index (χ3n) is 4.37. The van der Waals surface area contributed by atoms with Crippen LogP contribution in [0.4, 0.5) is 0 Å². The predicted octanol–water partition coefficient (Wildman–Crippen LogP) is 3.88. The molecule has 0 fully saturated rings. The van der Waals surface area contributed by atoms with Crippen LogP contribution in [0.3, 0.4) is 0 Å². The van der Waals surface area contributed by atoms with Gasteiger partial charge in [0.2, 0.25) is 0 Å². The number of hydrogen-bond donors (Lipinski definition) is 2. The Morgan fingerprint density at radius 1 is 0.654 bits per heavy atom. The maximum atomic E-state index is 5.84. The molecule has 0 amide bonds. The van der Waals surface area contributed by atoms with Gasteiger partial charge in [-0.2, -0.15) is 0 Å². The molecule has 4 nitrogen and oxygen atoms in total. The van der Waals surface area contributed by atoms with Gasteiger partial charge >= 0.3 is 0 Å². The average molecular weight is 357 g/mol. The molecule has 2 unspecified atom stereocenters. The summed E-state index contributed by atoms with van der Waals surface area (Å²) in [4.78, 5) is 0. The van der Waals surface area contributed by atoms with Gasteiger partial charge in [-0.3, -0.25) is 0 Å². The van der Waals surface area contributed by atoms with Crippen LogP contribution in [0.5, 0.6) is 11.5 Å². The zero-order valence-electron chi connectivity index (χ0n) is 16.0. The van der Waals surface area contributed by atoms with Crippen molar-refractivity contribution in [2.45, 2.75) is 38.8 Å². The third-order valence-corrected chi connectivity index (χ3v) is 4.37. The van der Waals surface area contributed by atoms with E-state index in [4.69, 9.17) is 9.47 Å². The molecule has 0 aliphatic heterocycles. The Kier molecular flexibility index (Phi) is 9.62. The number of para-hydroxylation sites is 2. The van der Waals surface area contributed by atoms with E-state index in [2.05, 4.69) is 24.5 Å². The van der Waals surface area contributed by atoms with Gasteiger partial charge in [-0.05, 0) is 37.1 Å². The van der Waals surface area contributed by atoms with Crippen LogP contribution in [0.1, 0.15) is 26.7 Å². The van der Waals surface area contributed by atoms with Crippen LogP contribution in [0.2, 0.25) is 0 Å². The lowest BCUT2D eigenvalue weighted by atomic mass is 10.2. The van der Waals surface area contributed by atoms with Gasteiger partial charge < -0.3 is 20.1 Å². The fraction of sp³-hybridized carbons (Fsp3) is 0.455. The molecule has 0 aliphatic rings. The van der Waals surface area contributed by atoms with Gasteiger partial charge in [-0.15, -0.1) is 0 Å². The quantitative estimate of drug-likeness (QED) is 0.535. The van der Waals surface area contributed by atoms with Gasteiger partial charge in [0.1, 0.15) is 24.7 Å². The highest BCUT2D eigenvalue weighted by atomic mass is 16.5. The summed E-state index contributed by atoms with van der Waals surface area (Å²) < 4.78 is 11.7. The molecule has 4 heteroatoms. The van der Waals surface area contributed by atoms with Crippen molar-refractivity contribution in [2.24, 2.45) is 0 Å². The molecule has 2 atom stereocenters. The van der Waals surface area contributed by atoms with E-state index in [1.165, 1.54) is 0 Å². The third kappa shape index (κ3) is 7.89. The standard InChI is InChI=1S/C22H32N2O2/c1-3-19(17-25-21-11-7-5-8-12-21)23-15-16-24-20(4-2)18-26-22-13-9-6-10-14-22/h5-14,19-20,23-24H,3-4,15-18H2,1-2H3. The first kappa shape index (κ1) is 20.3.